The van der Waals surface area contributed by atoms with Crippen molar-refractivity contribution in [2.75, 3.05) is 0 Å². The van der Waals surface area contributed by atoms with Crippen molar-refractivity contribution in [2.45, 2.75) is 46.7 Å². The Kier molecular flexibility index (Phi) is 3.73. The maximum absolute atomic E-state index is 12.9. The van der Waals surface area contributed by atoms with Crippen molar-refractivity contribution in [3.63, 3.8) is 0 Å². The third-order valence-electron chi connectivity index (χ3n) is 6.14. The van der Waals surface area contributed by atoms with E-state index in [4.69, 9.17) is 0 Å². The summed E-state index contributed by atoms with van der Waals surface area (Å²) < 4.78 is 0. The van der Waals surface area contributed by atoms with Crippen LogP contribution in [0.1, 0.15) is 52.2 Å². The summed E-state index contributed by atoms with van der Waals surface area (Å²) in [5, 5.41) is 7.83. The van der Waals surface area contributed by atoms with Crippen LogP contribution in [0.4, 0.5) is 0 Å². The average Bonchev–Trinajstić information content (AvgIpc) is 3.27. The van der Waals surface area contributed by atoms with Gasteiger partial charge in [0.15, 0.2) is 0 Å². The third-order valence-corrected chi connectivity index (χ3v) is 6.14. The molecular weight excluding hydrogens is 346 g/mol. The van der Waals surface area contributed by atoms with Gasteiger partial charge in [0.05, 0.1) is 5.69 Å². The largest absolute Gasteiger partial charge is 0.330 e. The highest BCUT2D eigenvalue weighted by atomic mass is 16.2. The molecule has 2 aliphatic rings. The van der Waals surface area contributed by atoms with E-state index in [-0.39, 0.29) is 11.3 Å². The lowest BCUT2D eigenvalue weighted by atomic mass is 9.90. The van der Waals surface area contributed by atoms with Crippen molar-refractivity contribution in [1.29, 1.82) is 0 Å². The molecule has 1 aliphatic carbocycles. The number of hydrogen-bond acceptors (Lipinski definition) is 2. The van der Waals surface area contributed by atoms with E-state index in [1.165, 1.54) is 22.4 Å². The molecule has 0 spiro atoms. The van der Waals surface area contributed by atoms with Crippen molar-refractivity contribution in [3.8, 4) is 11.3 Å². The number of nitrogens with zero attached hydrogens (tertiary/aromatic N) is 2. The van der Waals surface area contributed by atoms with Gasteiger partial charge in [-0.3, -0.25) is 9.89 Å². The highest BCUT2D eigenvalue weighted by molar-refractivity contribution is 5.99. The van der Waals surface area contributed by atoms with Crippen LogP contribution in [0.5, 0.6) is 0 Å². The fraction of sp³-hybridized carbons (Fsp3) is 0.333. The van der Waals surface area contributed by atoms with Crippen LogP contribution in [0.15, 0.2) is 42.5 Å². The fourth-order valence-electron chi connectivity index (χ4n) is 4.65. The summed E-state index contributed by atoms with van der Waals surface area (Å²) in [7, 11) is 0. The lowest BCUT2D eigenvalue weighted by Crippen LogP contribution is -2.23. The second kappa shape index (κ2) is 6.06. The van der Waals surface area contributed by atoms with Gasteiger partial charge in [-0.05, 0) is 54.0 Å². The van der Waals surface area contributed by atoms with E-state index in [1.54, 1.807) is 0 Å². The molecule has 1 aliphatic heterocycles. The Morgan fingerprint density at radius 1 is 1.14 bits per heavy atom. The van der Waals surface area contributed by atoms with E-state index in [1.807, 2.05) is 23.1 Å². The van der Waals surface area contributed by atoms with Gasteiger partial charge in [-0.25, -0.2) is 0 Å². The molecule has 0 saturated carbocycles. The fourth-order valence-corrected chi connectivity index (χ4v) is 4.65. The second-order valence-corrected chi connectivity index (χ2v) is 9.01. The van der Waals surface area contributed by atoms with Gasteiger partial charge >= 0.3 is 0 Å². The molecule has 142 valence electrons. The SMILES string of the molecule is Cc1ccccc1CN1Cc2cc(-c3n[nH]c4c3CC(C)(C)C4)ccc2C1=O. The van der Waals surface area contributed by atoms with E-state index in [0.29, 0.717) is 13.1 Å². The minimum atomic E-state index is 0.123. The van der Waals surface area contributed by atoms with E-state index in [2.05, 4.69) is 55.2 Å². The van der Waals surface area contributed by atoms with Gasteiger partial charge in [-0.15, -0.1) is 0 Å². The first-order valence-electron chi connectivity index (χ1n) is 9.94. The third kappa shape index (κ3) is 2.75. The predicted octanol–water partition coefficient (Wildman–Crippen LogP) is 4.67. The van der Waals surface area contributed by atoms with Crippen LogP contribution >= 0.6 is 0 Å². The Morgan fingerprint density at radius 3 is 2.79 bits per heavy atom. The molecule has 0 fully saturated rings. The molecule has 0 radical (unpaired) electrons. The Morgan fingerprint density at radius 2 is 1.96 bits per heavy atom. The summed E-state index contributed by atoms with van der Waals surface area (Å²) >= 11 is 0. The number of nitrogens with one attached hydrogen (secondary N) is 1. The standard InChI is InChI=1S/C24H25N3O/c1-15-6-4-5-7-17(15)13-27-14-18-10-16(8-9-19(18)23(27)28)22-20-11-24(2,3)12-21(20)25-26-22/h4-10H,11-14H2,1-3H3,(H,25,26). The van der Waals surface area contributed by atoms with Gasteiger partial charge in [-0.1, -0.05) is 44.2 Å². The number of rotatable bonds is 3. The van der Waals surface area contributed by atoms with Crippen LogP contribution in [0.25, 0.3) is 11.3 Å². The zero-order valence-electron chi connectivity index (χ0n) is 16.7. The normalized spacial score (nSPS) is 17.1. The topological polar surface area (TPSA) is 49.0 Å². The highest BCUT2D eigenvalue weighted by Gasteiger charge is 2.33. The molecular formula is C24H25N3O. The van der Waals surface area contributed by atoms with Gasteiger partial charge < -0.3 is 4.90 Å². The van der Waals surface area contributed by atoms with E-state index in [9.17, 15) is 4.79 Å². The molecule has 1 amide bonds. The number of aromatic amines is 1. The van der Waals surface area contributed by atoms with Gasteiger partial charge in [0, 0.05) is 35.5 Å². The van der Waals surface area contributed by atoms with Gasteiger partial charge in [0.2, 0.25) is 0 Å². The maximum atomic E-state index is 12.9. The number of hydrogen-bond donors (Lipinski definition) is 1. The molecule has 0 atom stereocenters. The number of benzene rings is 2. The first-order chi connectivity index (χ1) is 13.4. The van der Waals surface area contributed by atoms with Gasteiger partial charge in [0.25, 0.3) is 5.91 Å². The molecule has 1 aromatic heterocycles. The van der Waals surface area contributed by atoms with Crippen LogP contribution in [0.2, 0.25) is 0 Å². The van der Waals surface area contributed by atoms with Crippen LogP contribution in [0.3, 0.4) is 0 Å². The van der Waals surface area contributed by atoms with Crippen molar-refractivity contribution in [3.05, 3.63) is 76.0 Å². The molecule has 3 aromatic rings. The molecule has 2 heterocycles. The van der Waals surface area contributed by atoms with Crippen molar-refractivity contribution in [2.24, 2.45) is 5.41 Å². The van der Waals surface area contributed by atoms with Crippen LogP contribution in [0, 0.1) is 12.3 Å². The molecule has 1 N–H and O–H groups in total. The molecule has 4 nitrogen and oxygen atoms in total. The lowest BCUT2D eigenvalue weighted by molar-refractivity contribution is 0.0766. The van der Waals surface area contributed by atoms with Crippen molar-refractivity contribution in [1.82, 2.24) is 15.1 Å². The number of amides is 1. The molecule has 28 heavy (non-hydrogen) atoms. The van der Waals surface area contributed by atoms with Gasteiger partial charge in [-0.2, -0.15) is 5.10 Å². The highest BCUT2D eigenvalue weighted by Crippen LogP contribution is 2.40. The first kappa shape index (κ1) is 17.2. The average molecular weight is 371 g/mol. The van der Waals surface area contributed by atoms with E-state index in [0.717, 1.165) is 35.2 Å². The molecule has 5 rings (SSSR count). The molecule has 0 saturated heterocycles. The summed E-state index contributed by atoms with van der Waals surface area (Å²) in [6.07, 6.45) is 2.09. The maximum Gasteiger partial charge on any atom is 0.254 e. The summed E-state index contributed by atoms with van der Waals surface area (Å²) in [6, 6.07) is 14.5. The number of fused-ring (bicyclic) bond motifs is 2. The van der Waals surface area contributed by atoms with Gasteiger partial charge in [0.1, 0.15) is 0 Å². The lowest BCUT2D eigenvalue weighted by Gasteiger charge is -2.17. The summed E-state index contributed by atoms with van der Waals surface area (Å²) in [4.78, 5) is 14.8. The number of carbonyl (C=O) groups is 1. The minimum absolute atomic E-state index is 0.123. The number of aromatic nitrogens is 2. The van der Waals surface area contributed by atoms with Crippen LogP contribution < -0.4 is 0 Å². The van der Waals surface area contributed by atoms with Crippen LogP contribution in [-0.2, 0) is 25.9 Å². The monoisotopic (exact) mass is 371 g/mol. The summed E-state index contributed by atoms with van der Waals surface area (Å²) in [5.74, 6) is 0.123. The Hall–Kier alpha value is -2.88. The van der Waals surface area contributed by atoms with Crippen LogP contribution in [-0.4, -0.2) is 21.0 Å². The Bertz CT molecular complexity index is 1090. The van der Waals surface area contributed by atoms with Crippen molar-refractivity contribution < 1.29 is 4.79 Å². The zero-order valence-corrected chi connectivity index (χ0v) is 16.7. The molecule has 0 unspecified atom stereocenters. The number of aryl methyl sites for hydroxylation is 1. The number of H-pyrrole nitrogens is 1. The Labute approximate surface area is 165 Å². The molecule has 4 heteroatoms. The van der Waals surface area contributed by atoms with E-state index >= 15 is 0 Å². The Balaban J connectivity index is 1.44. The quantitative estimate of drug-likeness (QED) is 0.727. The zero-order chi connectivity index (χ0) is 19.5. The smallest absolute Gasteiger partial charge is 0.254 e. The molecule has 2 aromatic carbocycles. The van der Waals surface area contributed by atoms with Crippen molar-refractivity contribution >= 4 is 5.91 Å². The molecule has 0 bridgehead atoms. The summed E-state index contributed by atoms with van der Waals surface area (Å²) in [5.41, 5.74) is 9.40. The predicted molar refractivity (Wildman–Crippen MR) is 110 cm³/mol. The number of carbonyl (C=O) groups excluding carboxylic acids is 1. The second-order valence-electron chi connectivity index (χ2n) is 9.01. The minimum Gasteiger partial charge on any atom is -0.330 e. The first-order valence-corrected chi connectivity index (χ1v) is 9.94. The summed E-state index contributed by atoms with van der Waals surface area (Å²) in [6.45, 7) is 8.02. The van der Waals surface area contributed by atoms with E-state index < -0.39 is 0 Å².